The van der Waals surface area contributed by atoms with Gasteiger partial charge in [0.2, 0.25) is 0 Å². The first-order chi connectivity index (χ1) is 14.6. The maximum Gasteiger partial charge on any atom is 0.328 e. The van der Waals surface area contributed by atoms with Gasteiger partial charge in [-0.05, 0) is 43.9 Å². The molecule has 0 fully saturated rings. The number of amides is 1. The molecule has 2 rings (SSSR count). The standard InChI is InChI=1S/C23H29FN2O5/c1-12(2)19(16-8-7-13(3)11-17(16)24)15(5)31-23(29)14(4)26-22(28)20-21(27)18(30-6)9-10-25-20/h7-12,14-15,19,27H,1-6H3,(H,26,28)/t14-,15-,19+/m0/s1. The minimum Gasteiger partial charge on any atom is -0.503 e. The summed E-state index contributed by atoms with van der Waals surface area (Å²) in [5.41, 5.74) is 1.01. The van der Waals surface area contributed by atoms with Crippen LogP contribution < -0.4 is 10.1 Å². The number of benzene rings is 1. The Balaban J connectivity index is 2.11. The van der Waals surface area contributed by atoms with Gasteiger partial charge < -0.3 is 19.9 Å². The first-order valence-corrected chi connectivity index (χ1v) is 10.1. The molecule has 31 heavy (non-hydrogen) atoms. The number of aromatic hydroxyl groups is 1. The lowest BCUT2D eigenvalue weighted by Gasteiger charge is -2.29. The highest BCUT2D eigenvalue weighted by molar-refractivity contribution is 5.97. The molecule has 2 aromatic rings. The van der Waals surface area contributed by atoms with E-state index in [1.807, 2.05) is 19.9 Å². The first-order valence-electron chi connectivity index (χ1n) is 10.1. The van der Waals surface area contributed by atoms with Crippen LogP contribution in [-0.2, 0) is 9.53 Å². The van der Waals surface area contributed by atoms with Crippen molar-refractivity contribution in [2.75, 3.05) is 7.11 Å². The van der Waals surface area contributed by atoms with E-state index in [1.165, 1.54) is 32.4 Å². The second-order valence-corrected chi connectivity index (χ2v) is 7.84. The molecule has 3 atom stereocenters. The Kier molecular flexibility index (Phi) is 7.96. The van der Waals surface area contributed by atoms with Crippen LogP contribution in [0.4, 0.5) is 4.39 Å². The van der Waals surface area contributed by atoms with Crippen molar-refractivity contribution >= 4 is 11.9 Å². The van der Waals surface area contributed by atoms with Crippen molar-refractivity contribution < 1.29 is 28.6 Å². The average molecular weight is 432 g/mol. The van der Waals surface area contributed by atoms with E-state index in [0.29, 0.717) is 5.56 Å². The predicted molar refractivity (Wildman–Crippen MR) is 114 cm³/mol. The number of carbonyl (C=O) groups excluding carboxylic acids is 2. The highest BCUT2D eigenvalue weighted by atomic mass is 19.1. The van der Waals surface area contributed by atoms with Crippen molar-refractivity contribution in [2.45, 2.75) is 52.7 Å². The summed E-state index contributed by atoms with van der Waals surface area (Å²) in [6, 6.07) is 5.37. The van der Waals surface area contributed by atoms with Gasteiger partial charge >= 0.3 is 5.97 Å². The zero-order chi connectivity index (χ0) is 23.3. The van der Waals surface area contributed by atoms with E-state index in [9.17, 15) is 19.1 Å². The number of hydrogen-bond donors (Lipinski definition) is 2. The number of aromatic nitrogens is 1. The second kappa shape index (κ2) is 10.2. The summed E-state index contributed by atoms with van der Waals surface area (Å²) < 4.78 is 25.1. The lowest BCUT2D eigenvalue weighted by molar-refractivity contribution is -0.151. The lowest BCUT2D eigenvalue weighted by Crippen LogP contribution is -2.42. The average Bonchev–Trinajstić information content (AvgIpc) is 2.69. The molecule has 1 heterocycles. The number of carbonyl (C=O) groups is 2. The summed E-state index contributed by atoms with van der Waals surface area (Å²) in [6.07, 6.45) is 0.675. The number of methoxy groups -OCH3 is 1. The number of rotatable bonds is 8. The van der Waals surface area contributed by atoms with Crippen LogP contribution in [0, 0.1) is 18.7 Å². The minimum atomic E-state index is -1.02. The molecule has 0 radical (unpaired) electrons. The van der Waals surface area contributed by atoms with Gasteiger partial charge in [-0.15, -0.1) is 0 Å². The summed E-state index contributed by atoms with van der Waals surface area (Å²) in [5, 5.41) is 12.5. The smallest absolute Gasteiger partial charge is 0.328 e. The largest absolute Gasteiger partial charge is 0.503 e. The maximum atomic E-state index is 14.5. The number of aryl methyl sites for hydroxylation is 1. The normalized spacial score (nSPS) is 13.9. The van der Waals surface area contributed by atoms with Crippen molar-refractivity contribution in [3.05, 3.63) is 53.1 Å². The van der Waals surface area contributed by atoms with E-state index in [4.69, 9.17) is 9.47 Å². The number of nitrogens with one attached hydrogen (secondary N) is 1. The Bertz CT molecular complexity index is 948. The third-order valence-electron chi connectivity index (χ3n) is 5.06. The molecule has 168 valence electrons. The number of esters is 1. The number of hydrogen-bond acceptors (Lipinski definition) is 6. The van der Waals surface area contributed by atoms with E-state index < -0.39 is 29.8 Å². The number of nitrogens with zero attached hydrogens (tertiary/aromatic N) is 1. The van der Waals surface area contributed by atoms with Crippen LogP contribution in [-0.4, -0.2) is 41.2 Å². The summed E-state index contributed by atoms with van der Waals surface area (Å²) in [5.74, 6) is -2.48. The topological polar surface area (TPSA) is 97.8 Å². The Labute approximate surface area is 181 Å². The minimum absolute atomic E-state index is 0.00262. The molecule has 0 saturated heterocycles. The molecule has 0 aliphatic carbocycles. The van der Waals surface area contributed by atoms with Crippen LogP contribution in [0.3, 0.4) is 0 Å². The van der Waals surface area contributed by atoms with Crippen LogP contribution in [0.25, 0.3) is 0 Å². The predicted octanol–water partition coefficient (Wildman–Crippen LogP) is 3.73. The molecule has 0 aliphatic rings. The van der Waals surface area contributed by atoms with Crippen LogP contribution >= 0.6 is 0 Å². The van der Waals surface area contributed by atoms with Crippen LogP contribution in [0.5, 0.6) is 11.5 Å². The molecule has 0 spiro atoms. The molecular formula is C23H29FN2O5. The summed E-state index contributed by atoms with van der Waals surface area (Å²) in [7, 11) is 1.35. The molecule has 0 aliphatic heterocycles. The van der Waals surface area contributed by atoms with Gasteiger partial charge in [-0.3, -0.25) is 4.79 Å². The van der Waals surface area contributed by atoms with Crippen molar-refractivity contribution in [3.63, 3.8) is 0 Å². The van der Waals surface area contributed by atoms with Crippen LogP contribution in [0.15, 0.2) is 30.5 Å². The first kappa shape index (κ1) is 24.1. The van der Waals surface area contributed by atoms with E-state index in [2.05, 4.69) is 10.3 Å². The van der Waals surface area contributed by atoms with E-state index in [0.717, 1.165) is 5.56 Å². The Morgan fingerprint density at radius 1 is 1.16 bits per heavy atom. The van der Waals surface area contributed by atoms with Crippen molar-refractivity contribution in [1.29, 1.82) is 0 Å². The summed E-state index contributed by atoms with van der Waals surface area (Å²) in [4.78, 5) is 28.8. The summed E-state index contributed by atoms with van der Waals surface area (Å²) >= 11 is 0. The van der Waals surface area contributed by atoms with Gasteiger partial charge in [0, 0.05) is 18.2 Å². The van der Waals surface area contributed by atoms with Gasteiger partial charge in [0.15, 0.2) is 17.2 Å². The zero-order valence-electron chi connectivity index (χ0n) is 18.6. The van der Waals surface area contributed by atoms with Gasteiger partial charge in [0.1, 0.15) is 18.0 Å². The molecular weight excluding hydrogens is 403 g/mol. The van der Waals surface area contributed by atoms with E-state index in [-0.39, 0.29) is 29.1 Å². The van der Waals surface area contributed by atoms with Crippen molar-refractivity contribution in [3.8, 4) is 11.5 Å². The Morgan fingerprint density at radius 2 is 1.84 bits per heavy atom. The highest BCUT2D eigenvalue weighted by Gasteiger charge is 2.30. The van der Waals surface area contributed by atoms with Crippen LogP contribution in [0.2, 0.25) is 0 Å². The van der Waals surface area contributed by atoms with Gasteiger partial charge in [-0.1, -0.05) is 26.0 Å². The quantitative estimate of drug-likeness (QED) is 0.617. The second-order valence-electron chi connectivity index (χ2n) is 7.84. The van der Waals surface area contributed by atoms with Gasteiger partial charge in [0.25, 0.3) is 5.91 Å². The maximum absolute atomic E-state index is 14.5. The van der Waals surface area contributed by atoms with Gasteiger partial charge in [-0.25, -0.2) is 14.2 Å². The van der Waals surface area contributed by atoms with Crippen molar-refractivity contribution in [2.24, 2.45) is 5.92 Å². The number of pyridine rings is 1. The molecule has 1 amide bonds. The molecule has 1 aromatic carbocycles. The number of ether oxygens (including phenoxy) is 2. The fourth-order valence-electron chi connectivity index (χ4n) is 3.51. The molecule has 1 aromatic heterocycles. The molecule has 0 unspecified atom stereocenters. The lowest BCUT2D eigenvalue weighted by atomic mass is 9.83. The Morgan fingerprint density at radius 3 is 2.42 bits per heavy atom. The third-order valence-corrected chi connectivity index (χ3v) is 5.06. The summed E-state index contributed by atoms with van der Waals surface area (Å²) in [6.45, 7) is 8.82. The molecule has 2 N–H and O–H groups in total. The fourth-order valence-corrected chi connectivity index (χ4v) is 3.51. The zero-order valence-corrected chi connectivity index (χ0v) is 18.6. The Hall–Kier alpha value is -3.16. The molecule has 7 nitrogen and oxygen atoms in total. The van der Waals surface area contributed by atoms with Crippen LogP contribution in [0.1, 0.15) is 55.2 Å². The monoisotopic (exact) mass is 432 g/mol. The van der Waals surface area contributed by atoms with E-state index >= 15 is 0 Å². The molecule has 0 saturated carbocycles. The SMILES string of the molecule is COc1ccnc(C(=O)N[C@@H](C)C(=O)O[C@@H](C)[C@H](c2ccc(C)cc2F)C(C)C)c1O. The molecule has 8 heteroatoms. The van der Waals surface area contributed by atoms with Gasteiger partial charge in [0.05, 0.1) is 7.11 Å². The molecule has 0 bridgehead atoms. The van der Waals surface area contributed by atoms with E-state index in [1.54, 1.807) is 19.9 Å². The van der Waals surface area contributed by atoms with Gasteiger partial charge in [-0.2, -0.15) is 0 Å². The van der Waals surface area contributed by atoms with Crippen molar-refractivity contribution in [1.82, 2.24) is 10.3 Å². The third kappa shape index (κ3) is 5.71. The number of halogens is 1. The highest BCUT2D eigenvalue weighted by Crippen LogP contribution is 2.32. The fraction of sp³-hybridized carbons (Fsp3) is 0.435.